The van der Waals surface area contributed by atoms with Crippen LogP contribution >= 0.6 is 23.2 Å². The Labute approximate surface area is 156 Å². The SMILES string of the molecule is O=C(COc1ccc(Cl)cc1Cl)NCCNC(=O)Cc1ccccc1. The summed E-state index contributed by atoms with van der Waals surface area (Å²) < 4.78 is 5.32. The maximum atomic E-state index is 11.8. The van der Waals surface area contributed by atoms with E-state index in [0.717, 1.165) is 5.56 Å². The zero-order chi connectivity index (χ0) is 18.1. The second-order valence-corrected chi connectivity index (χ2v) is 6.07. The van der Waals surface area contributed by atoms with E-state index in [4.69, 9.17) is 27.9 Å². The highest BCUT2D eigenvalue weighted by molar-refractivity contribution is 6.35. The highest BCUT2D eigenvalue weighted by Crippen LogP contribution is 2.27. The molecule has 2 aromatic carbocycles. The molecule has 132 valence electrons. The quantitative estimate of drug-likeness (QED) is 0.691. The maximum Gasteiger partial charge on any atom is 0.258 e. The Balaban J connectivity index is 1.61. The number of rotatable bonds is 8. The van der Waals surface area contributed by atoms with E-state index in [1.807, 2.05) is 30.3 Å². The first-order valence-corrected chi connectivity index (χ1v) is 8.45. The van der Waals surface area contributed by atoms with Crippen molar-refractivity contribution in [2.24, 2.45) is 0 Å². The normalized spacial score (nSPS) is 10.2. The molecule has 7 heteroatoms. The zero-order valence-corrected chi connectivity index (χ0v) is 14.9. The van der Waals surface area contributed by atoms with Crippen LogP contribution < -0.4 is 15.4 Å². The van der Waals surface area contributed by atoms with Gasteiger partial charge in [-0.15, -0.1) is 0 Å². The number of carbonyl (C=O) groups is 2. The Hall–Kier alpha value is -2.24. The average Bonchev–Trinajstić information content (AvgIpc) is 2.59. The van der Waals surface area contributed by atoms with E-state index in [2.05, 4.69) is 10.6 Å². The third-order valence-electron chi connectivity index (χ3n) is 3.23. The van der Waals surface area contributed by atoms with Gasteiger partial charge in [0.25, 0.3) is 5.91 Å². The van der Waals surface area contributed by atoms with Gasteiger partial charge in [-0.2, -0.15) is 0 Å². The van der Waals surface area contributed by atoms with Crippen LogP contribution in [0.3, 0.4) is 0 Å². The minimum Gasteiger partial charge on any atom is -0.482 e. The van der Waals surface area contributed by atoms with Crippen molar-refractivity contribution in [1.29, 1.82) is 0 Å². The highest BCUT2D eigenvalue weighted by atomic mass is 35.5. The summed E-state index contributed by atoms with van der Waals surface area (Å²) in [4.78, 5) is 23.5. The van der Waals surface area contributed by atoms with Crippen molar-refractivity contribution < 1.29 is 14.3 Å². The predicted octanol–water partition coefficient (Wildman–Crippen LogP) is 2.85. The van der Waals surface area contributed by atoms with Gasteiger partial charge in [0.15, 0.2) is 6.61 Å². The second-order valence-electron chi connectivity index (χ2n) is 5.23. The zero-order valence-electron chi connectivity index (χ0n) is 13.4. The molecule has 0 aliphatic heterocycles. The molecule has 0 saturated carbocycles. The lowest BCUT2D eigenvalue weighted by molar-refractivity contribution is -0.124. The van der Waals surface area contributed by atoms with Crippen LogP contribution in [0.5, 0.6) is 5.75 Å². The Bertz CT molecular complexity index is 724. The molecule has 0 bridgehead atoms. The van der Waals surface area contributed by atoms with Crippen molar-refractivity contribution in [1.82, 2.24) is 10.6 Å². The molecule has 0 aliphatic carbocycles. The first-order valence-electron chi connectivity index (χ1n) is 7.70. The molecule has 0 radical (unpaired) electrons. The molecule has 25 heavy (non-hydrogen) atoms. The van der Waals surface area contributed by atoms with Gasteiger partial charge in [0, 0.05) is 18.1 Å². The lowest BCUT2D eigenvalue weighted by Gasteiger charge is -2.09. The average molecular weight is 381 g/mol. The molecule has 0 unspecified atom stereocenters. The Morgan fingerprint density at radius 2 is 1.60 bits per heavy atom. The summed E-state index contributed by atoms with van der Waals surface area (Å²) in [7, 11) is 0. The van der Waals surface area contributed by atoms with Crippen LogP contribution in [0.15, 0.2) is 48.5 Å². The summed E-state index contributed by atoms with van der Waals surface area (Å²) in [6, 6.07) is 14.2. The van der Waals surface area contributed by atoms with E-state index in [9.17, 15) is 9.59 Å². The Morgan fingerprint density at radius 1 is 0.920 bits per heavy atom. The van der Waals surface area contributed by atoms with Gasteiger partial charge in [0.2, 0.25) is 5.91 Å². The van der Waals surface area contributed by atoms with Crippen molar-refractivity contribution in [2.45, 2.75) is 6.42 Å². The predicted molar refractivity (Wildman–Crippen MR) is 98.1 cm³/mol. The summed E-state index contributed by atoms with van der Waals surface area (Å²) >= 11 is 11.7. The van der Waals surface area contributed by atoms with Crippen LogP contribution in [0.2, 0.25) is 10.0 Å². The number of benzene rings is 2. The van der Waals surface area contributed by atoms with Gasteiger partial charge in [-0.3, -0.25) is 9.59 Å². The standard InChI is InChI=1S/C18H18Cl2N2O3/c19-14-6-7-16(15(20)11-14)25-12-18(24)22-9-8-21-17(23)10-13-4-2-1-3-5-13/h1-7,11H,8-10,12H2,(H,21,23)(H,22,24). The summed E-state index contributed by atoms with van der Waals surface area (Å²) in [5.41, 5.74) is 0.942. The summed E-state index contributed by atoms with van der Waals surface area (Å²) in [5.74, 6) is -0.00893. The molecule has 2 amide bonds. The van der Waals surface area contributed by atoms with Crippen LogP contribution in [0.25, 0.3) is 0 Å². The lowest BCUT2D eigenvalue weighted by atomic mass is 10.1. The molecule has 0 fully saturated rings. The molecule has 0 saturated heterocycles. The molecule has 0 aromatic heterocycles. The summed E-state index contributed by atoms with van der Waals surface area (Å²) in [6.45, 7) is 0.496. The van der Waals surface area contributed by atoms with Crippen molar-refractivity contribution in [2.75, 3.05) is 19.7 Å². The number of halogens is 2. The minimum absolute atomic E-state index is 0.0929. The van der Waals surface area contributed by atoms with Crippen LogP contribution in [-0.4, -0.2) is 31.5 Å². The molecule has 2 aromatic rings. The minimum atomic E-state index is -0.302. The monoisotopic (exact) mass is 380 g/mol. The molecular weight excluding hydrogens is 363 g/mol. The maximum absolute atomic E-state index is 11.8. The van der Waals surface area contributed by atoms with Gasteiger partial charge >= 0.3 is 0 Å². The molecule has 2 N–H and O–H groups in total. The van der Waals surface area contributed by atoms with E-state index in [-0.39, 0.29) is 18.4 Å². The van der Waals surface area contributed by atoms with Crippen LogP contribution in [-0.2, 0) is 16.0 Å². The first-order chi connectivity index (χ1) is 12.0. The lowest BCUT2D eigenvalue weighted by Crippen LogP contribution is -2.37. The Kier molecular flexibility index (Phi) is 7.57. The number of hydrogen-bond acceptors (Lipinski definition) is 3. The van der Waals surface area contributed by atoms with Crippen LogP contribution in [0.1, 0.15) is 5.56 Å². The third-order valence-corrected chi connectivity index (χ3v) is 3.76. The molecule has 0 heterocycles. The molecule has 0 atom stereocenters. The summed E-state index contributed by atoms with van der Waals surface area (Å²) in [5, 5.41) is 6.24. The van der Waals surface area contributed by atoms with Crippen molar-refractivity contribution in [3.8, 4) is 5.75 Å². The van der Waals surface area contributed by atoms with Gasteiger partial charge in [-0.25, -0.2) is 0 Å². The smallest absolute Gasteiger partial charge is 0.258 e. The molecule has 0 aliphatic rings. The van der Waals surface area contributed by atoms with Crippen molar-refractivity contribution in [3.63, 3.8) is 0 Å². The van der Waals surface area contributed by atoms with E-state index < -0.39 is 0 Å². The van der Waals surface area contributed by atoms with Crippen molar-refractivity contribution >= 4 is 35.0 Å². The van der Waals surface area contributed by atoms with E-state index in [1.54, 1.807) is 18.2 Å². The Morgan fingerprint density at radius 3 is 2.28 bits per heavy atom. The van der Waals surface area contributed by atoms with Gasteiger partial charge in [0.1, 0.15) is 5.75 Å². The van der Waals surface area contributed by atoms with E-state index in [1.165, 1.54) is 0 Å². The number of amides is 2. The molecule has 2 rings (SSSR count). The van der Waals surface area contributed by atoms with Crippen molar-refractivity contribution in [3.05, 3.63) is 64.1 Å². The van der Waals surface area contributed by atoms with Crippen LogP contribution in [0.4, 0.5) is 0 Å². The van der Waals surface area contributed by atoms with Gasteiger partial charge in [-0.05, 0) is 23.8 Å². The fraction of sp³-hybridized carbons (Fsp3) is 0.222. The molecule has 5 nitrogen and oxygen atoms in total. The third kappa shape index (κ3) is 7.03. The first kappa shape index (κ1) is 19.1. The number of hydrogen-bond donors (Lipinski definition) is 2. The fourth-order valence-electron chi connectivity index (χ4n) is 2.03. The summed E-state index contributed by atoms with van der Waals surface area (Å²) in [6.07, 6.45) is 0.312. The topological polar surface area (TPSA) is 67.4 Å². The largest absolute Gasteiger partial charge is 0.482 e. The van der Waals surface area contributed by atoms with Crippen LogP contribution in [0, 0.1) is 0 Å². The highest BCUT2D eigenvalue weighted by Gasteiger charge is 2.07. The number of carbonyl (C=O) groups excluding carboxylic acids is 2. The fourth-order valence-corrected chi connectivity index (χ4v) is 2.50. The van der Waals surface area contributed by atoms with Gasteiger partial charge < -0.3 is 15.4 Å². The molecule has 0 spiro atoms. The second kappa shape index (κ2) is 9.91. The van der Waals surface area contributed by atoms with E-state index in [0.29, 0.717) is 35.3 Å². The molecular formula is C18H18Cl2N2O3. The van der Waals surface area contributed by atoms with Gasteiger partial charge in [0.05, 0.1) is 11.4 Å². The van der Waals surface area contributed by atoms with E-state index >= 15 is 0 Å². The number of nitrogens with one attached hydrogen (secondary N) is 2. The van der Waals surface area contributed by atoms with Gasteiger partial charge in [-0.1, -0.05) is 53.5 Å². The number of ether oxygens (including phenoxy) is 1.